The van der Waals surface area contributed by atoms with Crippen molar-refractivity contribution in [3.05, 3.63) is 29.3 Å². The van der Waals surface area contributed by atoms with E-state index in [0.717, 1.165) is 5.56 Å². The Morgan fingerprint density at radius 2 is 2.15 bits per heavy atom. The predicted molar refractivity (Wildman–Crippen MR) is 51.6 cm³/mol. The number of hydrogen-bond acceptors (Lipinski definition) is 2. The highest BCUT2D eigenvalue weighted by atomic mass is 16.1. The standard InChI is InChI=1S/C10H9BO2/c1-7-4-8(6-9(11)5-7)10(13)2-3-12/h3-6H,2H2,1H3. The van der Waals surface area contributed by atoms with Gasteiger partial charge in [-0.1, -0.05) is 23.2 Å². The van der Waals surface area contributed by atoms with E-state index in [-0.39, 0.29) is 12.2 Å². The van der Waals surface area contributed by atoms with Crippen molar-refractivity contribution in [1.82, 2.24) is 0 Å². The van der Waals surface area contributed by atoms with Crippen LogP contribution in [0.15, 0.2) is 18.2 Å². The van der Waals surface area contributed by atoms with Gasteiger partial charge in [0, 0.05) is 5.56 Å². The van der Waals surface area contributed by atoms with Gasteiger partial charge in [-0.25, -0.2) is 0 Å². The second-order valence-electron chi connectivity index (χ2n) is 2.93. The van der Waals surface area contributed by atoms with Crippen LogP contribution in [0.4, 0.5) is 0 Å². The second-order valence-corrected chi connectivity index (χ2v) is 2.93. The van der Waals surface area contributed by atoms with Gasteiger partial charge in [0.05, 0.1) is 6.42 Å². The summed E-state index contributed by atoms with van der Waals surface area (Å²) in [5.41, 5.74) is 1.98. The third-order valence-corrected chi connectivity index (χ3v) is 1.69. The van der Waals surface area contributed by atoms with Gasteiger partial charge in [-0.15, -0.1) is 0 Å². The van der Waals surface area contributed by atoms with Gasteiger partial charge in [-0.05, 0) is 13.0 Å². The van der Waals surface area contributed by atoms with Gasteiger partial charge in [-0.3, -0.25) is 4.79 Å². The van der Waals surface area contributed by atoms with Crippen LogP contribution in [0.3, 0.4) is 0 Å². The van der Waals surface area contributed by atoms with Gasteiger partial charge in [0.1, 0.15) is 14.1 Å². The lowest BCUT2D eigenvalue weighted by atomic mass is 9.91. The molecule has 2 radical (unpaired) electrons. The lowest BCUT2D eigenvalue weighted by Crippen LogP contribution is -2.08. The SMILES string of the molecule is [B]c1cc(C)cc(C(=O)CC=O)c1. The van der Waals surface area contributed by atoms with E-state index in [9.17, 15) is 9.59 Å². The zero-order valence-electron chi connectivity index (χ0n) is 7.41. The van der Waals surface area contributed by atoms with Crippen LogP contribution in [0.2, 0.25) is 0 Å². The lowest BCUT2D eigenvalue weighted by molar-refractivity contribution is -0.107. The first kappa shape index (κ1) is 9.71. The van der Waals surface area contributed by atoms with E-state index in [4.69, 9.17) is 7.85 Å². The van der Waals surface area contributed by atoms with Gasteiger partial charge >= 0.3 is 0 Å². The molecule has 0 aliphatic heterocycles. The Hall–Kier alpha value is -1.38. The summed E-state index contributed by atoms with van der Waals surface area (Å²) in [7, 11) is 5.55. The van der Waals surface area contributed by atoms with E-state index in [2.05, 4.69) is 0 Å². The summed E-state index contributed by atoms with van der Waals surface area (Å²) in [6.07, 6.45) is 0.518. The summed E-state index contributed by atoms with van der Waals surface area (Å²) in [5, 5.41) is 0. The normalized spacial score (nSPS) is 9.62. The number of Topliss-reactive ketones (excluding diaryl/α,β-unsaturated/α-hetero) is 1. The largest absolute Gasteiger partial charge is 0.303 e. The zero-order chi connectivity index (χ0) is 9.84. The molecule has 0 atom stereocenters. The minimum atomic E-state index is -0.189. The van der Waals surface area contributed by atoms with E-state index < -0.39 is 0 Å². The first-order valence-electron chi connectivity index (χ1n) is 3.97. The molecule has 0 saturated carbocycles. The molecular formula is C10H9BO2. The Kier molecular flexibility index (Phi) is 3.01. The summed E-state index contributed by atoms with van der Waals surface area (Å²) in [6.45, 7) is 1.86. The molecule has 0 N–H and O–H groups in total. The molecule has 2 nitrogen and oxygen atoms in total. The maximum Gasteiger partial charge on any atom is 0.169 e. The Morgan fingerprint density at radius 3 is 2.69 bits per heavy atom. The maximum absolute atomic E-state index is 11.3. The number of ketones is 1. The monoisotopic (exact) mass is 172 g/mol. The molecule has 0 heterocycles. The van der Waals surface area contributed by atoms with Gasteiger partial charge in [0.25, 0.3) is 0 Å². The van der Waals surface area contributed by atoms with Crippen molar-refractivity contribution in [2.45, 2.75) is 13.3 Å². The van der Waals surface area contributed by atoms with Crippen LogP contribution >= 0.6 is 0 Å². The second kappa shape index (κ2) is 4.03. The van der Waals surface area contributed by atoms with E-state index in [1.165, 1.54) is 0 Å². The van der Waals surface area contributed by atoms with E-state index in [0.29, 0.717) is 17.3 Å². The van der Waals surface area contributed by atoms with Gasteiger partial charge in [-0.2, -0.15) is 0 Å². The van der Waals surface area contributed by atoms with Crippen molar-refractivity contribution in [3.8, 4) is 0 Å². The number of hydrogen-bond donors (Lipinski definition) is 0. The third kappa shape index (κ3) is 2.54. The molecule has 0 saturated heterocycles. The minimum Gasteiger partial charge on any atom is -0.303 e. The number of benzene rings is 1. The molecule has 0 bridgehead atoms. The number of carbonyl (C=O) groups excluding carboxylic acids is 2. The Labute approximate surface area is 78.4 Å². The molecule has 0 aliphatic rings. The molecule has 0 unspecified atom stereocenters. The van der Waals surface area contributed by atoms with Gasteiger partial charge in [0.2, 0.25) is 0 Å². The highest BCUT2D eigenvalue weighted by molar-refractivity contribution is 6.32. The topological polar surface area (TPSA) is 34.1 Å². The molecule has 64 valence electrons. The van der Waals surface area contributed by atoms with Crippen LogP contribution in [0.25, 0.3) is 0 Å². The first-order chi connectivity index (χ1) is 6.13. The smallest absolute Gasteiger partial charge is 0.169 e. The molecule has 1 rings (SSSR count). The number of aryl methyl sites for hydroxylation is 1. The Balaban J connectivity index is 3.00. The number of rotatable bonds is 3. The maximum atomic E-state index is 11.3. The predicted octanol–water partition coefficient (Wildman–Crippen LogP) is 0.561. The average Bonchev–Trinajstić information content (AvgIpc) is 2.03. The first-order valence-corrected chi connectivity index (χ1v) is 3.97. The lowest BCUT2D eigenvalue weighted by Gasteiger charge is -2.01. The molecular weight excluding hydrogens is 163 g/mol. The van der Waals surface area contributed by atoms with Crippen LogP contribution in [0.5, 0.6) is 0 Å². The van der Waals surface area contributed by atoms with Crippen LogP contribution in [-0.4, -0.2) is 19.9 Å². The highest BCUT2D eigenvalue weighted by Crippen LogP contribution is 2.04. The molecule has 3 heteroatoms. The minimum absolute atomic E-state index is 0.0805. The summed E-state index contributed by atoms with van der Waals surface area (Å²) >= 11 is 0. The molecule has 13 heavy (non-hydrogen) atoms. The highest BCUT2D eigenvalue weighted by Gasteiger charge is 2.05. The van der Waals surface area contributed by atoms with Crippen molar-refractivity contribution < 1.29 is 9.59 Å². The average molecular weight is 172 g/mol. The van der Waals surface area contributed by atoms with E-state index >= 15 is 0 Å². The van der Waals surface area contributed by atoms with Crippen LogP contribution in [0, 0.1) is 6.92 Å². The summed E-state index contributed by atoms with van der Waals surface area (Å²) < 4.78 is 0. The molecule has 0 fully saturated rings. The molecule has 1 aromatic rings. The Morgan fingerprint density at radius 1 is 1.46 bits per heavy atom. The molecule has 1 aromatic carbocycles. The van der Waals surface area contributed by atoms with Gasteiger partial charge < -0.3 is 4.79 Å². The quantitative estimate of drug-likeness (QED) is 0.289. The molecule has 0 amide bonds. The van der Waals surface area contributed by atoms with Gasteiger partial charge in [0.15, 0.2) is 5.78 Å². The summed E-state index contributed by atoms with van der Waals surface area (Å²) in [4.78, 5) is 21.4. The third-order valence-electron chi connectivity index (χ3n) is 1.69. The van der Waals surface area contributed by atoms with Crippen molar-refractivity contribution in [1.29, 1.82) is 0 Å². The van der Waals surface area contributed by atoms with Crippen LogP contribution < -0.4 is 5.46 Å². The fraction of sp³-hybridized carbons (Fsp3) is 0.200. The van der Waals surface area contributed by atoms with Crippen molar-refractivity contribution in [2.24, 2.45) is 0 Å². The van der Waals surface area contributed by atoms with E-state index in [1.807, 2.05) is 6.92 Å². The molecule has 0 aromatic heterocycles. The van der Waals surface area contributed by atoms with Crippen molar-refractivity contribution in [3.63, 3.8) is 0 Å². The molecule has 0 aliphatic carbocycles. The van der Waals surface area contributed by atoms with Crippen LogP contribution in [-0.2, 0) is 4.79 Å². The summed E-state index contributed by atoms with van der Waals surface area (Å²) in [6, 6.07) is 5.08. The summed E-state index contributed by atoms with van der Waals surface area (Å²) in [5.74, 6) is -0.189. The van der Waals surface area contributed by atoms with Crippen molar-refractivity contribution >= 4 is 25.4 Å². The molecule has 0 spiro atoms. The van der Waals surface area contributed by atoms with Crippen molar-refractivity contribution in [2.75, 3.05) is 0 Å². The van der Waals surface area contributed by atoms with E-state index in [1.54, 1.807) is 18.2 Å². The zero-order valence-corrected chi connectivity index (χ0v) is 7.41. The van der Waals surface area contributed by atoms with Crippen LogP contribution in [0.1, 0.15) is 22.3 Å². The number of aldehydes is 1. The fourth-order valence-corrected chi connectivity index (χ4v) is 1.17. The fourth-order valence-electron chi connectivity index (χ4n) is 1.17. The number of carbonyl (C=O) groups is 2. The Bertz CT molecular complexity index is 325.